The fourth-order valence-corrected chi connectivity index (χ4v) is 8.16. The third-order valence-electron chi connectivity index (χ3n) is 10.7. The van der Waals surface area contributed by atoms with Gasteiger partial charge in [-0.3, -0.25) is 9.59 Å². The number of fused-ring (bicyclic) bond motifs is 1. The molecule has 4 heterocycles. The number of methoxy groups -OCH3 is 2. The number of nitrogens with zero attached hydrogens (tertiary/aromatic N) is 2. The topological polar surface area (TPSA) is 163 Å². The van der Waals surface area contributed by atoms with Gasteiger partial charge in [0.25, 0.3) is 17.3 Å². The van der Waals surface area contributed by atoms with Gasteiger partial charge in [-0.05, 0) is 76.5 Å². The number of morpholine rings is 1. The van der Waals surface area contributed by atoms with E-state index in [1.807, 2.05) is 56.2 Å². The summed E-state index contributed by atoms with van der Waals surface area (Å²) in [5.41, 5.74) is 3.42. The first-order valence-electron chi connectivity index (χ1n) is 18.9. The Kier molecular flexibility index (Phi) is 13.0. The van der Waals surface area contributed by atoms with Crippen molar-refractivity contribution in [3.63, 3.8) is 0 Å². The van der Waals surface area contributed by atoms with E-state index in [1.54, 1.807) is 20.4 Å². The van der Waals surface area contributed by atoms with Crippen LogP contribution in [0.15, 0.2) is 40.2 Å². The zero-order chi connectivity index (χ0) is 39.3. The number of ether oxygens (including phenoxy) is 6. The Labute approximate surface area is 326 Å². The Hall–Kier alpha value is -4.31. The summed E-state index contributed by atoms with van der Waals surface area (Å²) in [5, 5.41) is 6.00. The predicted octanol–water partition coefficient (Wildman–Crippen LogP) is 6.06. The molecule has 0 radical (unpaired) electrons. The second-order valence-electron chi connectivity index (χ2n) is 14.4. The number of H-pyrrole nitrogens is 1. The molecule has 2 amide bonds. The summed E-state index contributed by atoms with van der Waals surface area (Å²) >= 11 is 1.46. The largest absolute Gasteiger partial charge is 0.450 e. The SMILES string of the molecule is CCCCOC(=O)NC1CCC(C2(C)Oc3c(-c4ccc(N5C[C@H](OC)O[C@H](OC)C5)nc4)cc(C(=O)NCc4c(SC)cc(C)[nH]c4=O)c(C)c3O2)CC1. The van der Waals surface area contributed by atoms with E-state index in [9.17, 15) is 14.4 Å². The molecule has 0 spiro atoms. The molecule has 3 aliphatic rings. The minimum absolute atomic E-state index is 0.00660. The minimum Gasteiger partial charge on any atom is -0.450 e. The number of rotatable bonds is 13. The second-order valence-corrected chi connectivity index (χ2v) is 15.3. The van der Waals surface area contributed by atoms with Crippen molar-refractivity contribution in [3.8, 4) is 22.6 Å². The number of pyridine rings is 2. The van der Waals surface area contributed by atoms with Crippen molar-refractivity contribution < 1.29 is 38.0 Å². The van der Waals surface area contributed by atoms with E-state index in [0.717, 1.165) is 54.7 Å². The number of carbonyl (C=O) groups is 2. The first kappa shape index (κ1) is 40.4. The van der Waals surface area contributed by atoms with Gasteiger partial charge in [0.1, 0.15) is 5.82 Å². The lowest BCUT2D eigenvalue weighted by Gasteiger charge is -2.37. The number of nitrogens with one attached hydrogen (secondary N) is 3. The number of aryl methyl sites for hydroxylation is 1. The third-order valence-corrected chi connectivity index (χ3v) is 11.5. The molecule has 1 saturated heterocycles. The molecule has 3 aromatic rings. The highest BCUT2D eigenvalue weighted by Crippen LogP contribution is 2.53. The number of aromatic nitrogens is 2. The van der Waals surface area contributed by atoms with Crippen LogP contribution in [0.4, 0.5) is 10.6 Å². The van der Waals surface area contributed by atoms with Crippen molar-refractivity contribution in [1.29, 1.82) is 0 Å². The van der Waals surface area contributed by atoms with Crippen LogP contribution in [0.3, 0.4) is 0 Å². The summed E-state index contributed by atoms with van der Waals surface area (Å²) in [6.45, 7) is 9.09. The molecule has 1 saturated carbocycles. The third kappa shape index (κ3) is 9.06. The highest BCUT2D eigenvalue weighted by Gasteiger charge is 2.48. The molecule has 1 aliphatic carbocycles. The van der Waals surface area contributed by atoms with Crippen LogP contribution < -0.4 is 30.6 Å². The van der Waals surface area contributed by atoms with Gasteiger partial charge >= 0.3 is 6.09 Å². The van der Waals surface area contributed by atoms with E-state index in [2.05, 4.69) is 22.5 Å². The van der Waals surface area contributed by atoms with Crippen LogP contribution in [0.5, 0.6) is 11.5 Å². The number of amides is 2. The van der Waals surface area contributed by atoms with Crippen molar-refractivity contribution in [3.05, 3.63) is 63.2 Å². The summed E-state index contributed by atoms with van der Waals surface area (Å²) in [7, 11) is 3.18. The maximum absolute atomic E-state index is 14.0. The van der Waals surface area contributed by atoms with Gasteiger partial charge in [0.05, 0.1) is 19.7 Å². The summed E-state index contributed by atoms with van der Waals surface area (Å²) in [4.78, 5) is 49.7. The van der Waals surface area contributed by atoms with Crippen molar-refractivity contribution in [1.82, 2.24) is 20.6 Å². The minimum atomic E-state index is -1.02. The smallest absolute Gasteiger partial charge is 0.407 e. The molecule has 1 aromatic carbocycles. The van der Waals surface area contributed by atoms with E-state index in [0.29, 0.717) is 59.3 Å². The van der Waals surface area contributed by atoms with Crippen molar-refractivity contribution in [2.24, 2.45) is 5.92 Å². The van der Waals surface area contributed by atoms with Crippen LogP contribution in [-0.2, 0) is 25.5 Å². The summed E-state index contributed by atoms with van der Waals surface area (Å²) < 4.78 is 35.6. The van der Waals surface area contributed by atoms with Gasteiger partial charge in [-0.15, -0.1) is 11.8 Å². The zero-order valence-electron chi connectivity index (χ0n) is 32.7. The molecule has 14 nitrogen and oxygen atoms in total. The second kappa shape index (κ2) is 17.7. The number of hydrogen-bond donors (Lipinski definition) is 3. The Morgan fingerprint density at radius 1 is 1.05 bits per heavy atom. The molecule has 15 heteroatoms. The van der Waals surface area contributed by atoms with Crippen LogP contribution >= 0.6 is 11.8 Å². The van der Waals surface area contributed by atoms with E-state index in [4.69, 9.17) is 33.4 Å². The molecular weight excluding hydrogens is 727 g/mol. The van der Waals surface area contributed by atoms with E-state index >= 15 is 0 Å². The fraction of sp³-hybridized carbons (Fsp3) is 0.550. The number of aromatic amines is 1. The highest BCUT2D eigenvalue weighted by molar-refractivity contribution is 7.98. The van der Waals surface area contributed by atoms with Gasteiger partial charge in [0, 0.05) is 84.3 Å². The maximum atomic E-state index is 14.0. The monoisotopic (exact) mass is 779 g/mol. The van der Waals surface area contributed by atoms with Crippen LogP contribution in [0.25, 0.3) is 11.1 Å². The molecule has 3 N–H and O–H groups in total. The molecule has 6 rings (SSSR count). The van der Waals surface area contributed by atoms with Gasteiger partial charge in [-0.25, -0.2) is 9.78 Å². The Morgan fingerprint density at radius 3 is 2.40 bits per heavy atom. The van der Waals surface area contributed by atoms with Crippen molar-refractivity contribution >= 4 is 29.6 Å². The lowest BCUT2D eigenvalue weighted by atomic mass is 9.81. The summed E-state index contributed by atoms with van der Waals surface area (Å²) in [5.74, 6) is 0.393. The predicted molar refractivity (Wildman–Crippen MR) is 209 cm³/mol. The maximum Gasteiger partial charge on any atom is 0.407 e. The Morgan fingerprint density at radius 2 is 1.76 bits per heavy atom. The van der Waals surface area contributed by atoms with Gasteiger partial charge in [-0.1, -0.05) is 13.3 Å². The fourth-order valence-electron chi connectivity index (χ4n) is 7.45. The number of carbonyl (C=O) groups excluding carboxylic acids is 2. The molecule has 0 bridgehead atoms. The van der Waals surface area contributed by atoms with E-state index in [-0.39, 0.29) is 36.1 Å². The van der Waals surface area contributed by atoms with E-state index < -0.39 is 18.4 Å². The summed E-state index contributed by atoms with van der Waals surface area (Å²) in [6.07, 6.45) is 7.15. The number of thioether (sulfide) groups is 1. The van der Waals surface area contributed by atoms with Gasteiger partial charge in [0.2, 0.25) is 0 Å². The zero-order valence-corrected chi connectivity index (χ0v) is 33.6. The Bertz CT molecular complexity index is 1890. The molecule has 3 atom stereocenters. The molecule has 298 valence electrons. The molecular formula is C40H53N5O9S. The van der Waals surface area contributed by atoms with Gasteiger partial charge in [-0.2, -0.15) is 0 Å². The molecule has 2 aliphatic heterocycles. The number of anilines is 1. The normalized spacial score (nSPS) is 23.4. The van der Waals surface area contributed by atoms with Crippen molar-refractivity contribution in [2.75, 3.05) is 45.1 Å². The molecule has 2 aromatic heterocycles. The van der Waals surface area contributed by atoms with Gasteiger partial charge < -0.3 is 48.9 Å². The first-order valence-corrected chi connectivity index (χ1v) is 20.2. The highest BCUT2D eigenvalue weighted by atomic mass is 32.2. The van der Waals surface area contributed by atoms with Crippen LogP contribution in [0.2, 0.25) is 0 Å². The average Bonchev–Trinajstić information content (AvgIpc) is 3.56. The number of benzene rings is 1. The summed E-state index contributed by atoms with van der Waals surface area (Å²) in [6, 6.07) is 7.58. The molecule has 55 heavy (non-hydrogen) atoms. The quantitative estimate of drug-likeness (QED) is 0.136. The first-order chi connectivity index (χ1) is 26.5. The average molecular weight is 780 g/mol. The van der Waals surface area contributed by atoms with Crippen LogP contribution in [0.1, 0.15) is 79.6 Å². The van der Waals surface area contributed by atoms with E-state index in [1.165, 1.54) is 11.8 Å². The van der Waals surface area contributed by atoms with Gasteiger partial charge in [0.15, 0.2) is 24.1 Å². The molecule has 2 fully saturated rings. The van der Waals surface area contributed by atoms with Crippen LogP contribution in [0, 0.1) is 19.8 Å². The number of hydrogen-bond acceptors (Lipinski definition) is 12. The number of unbranched alkanes of at least 4 members (excludes halogenated alkanes) is 1. The lowest BCUT2D eigenvalue weighted by Crippen LogP contribution is -2.49. The van der Waals surface area contributed by atoms with Crippen LogP contribution in [-0.4, -0.2) is 86.5 Å². The standard InChI is InChI=1S/C40H53N5O9S/c1-8-9-16-51-39(48)44-27-13-11-26(12-14-27)40(4)53-35-24(3)28(37(46)42-20-30-31(55-7)17-23(2)43-38(30)47)18-29(36(35)54-40)25-10-15-32(41-19-25)45-21-33(49-5)52-34(22-45)50-6/h10,15,17-19,26-27,33-34H,8-9,11-14,16,20-22H2,1-7H3,(H,42,46)(H,43,47)(H,44,48)/t26?,27?,33-,34+,40?. The van der Waals surface area contributed by atoms with Crippen molar-refractivity contribution in [2.45, 2.75) is 102 Å². The molecule has 1 unspecified atom stereocenters. The lowest BCUT2D eigenvalue weighted by molar-refractivity contribution is -0.235. The Balaban J connectivity index is 1.27. The number of alkyl carbamates (subject to hydrolysis) is 1.